The number of imidazole rings is 1. The van der Waals surface area contributed by atoms with E-state index in [1.807, 2.05) is 39.8 Å². The maximum absolute atomic E-state index is 13.2. The molecule has 0 aliphatic carbocycles. The highest BCUT2D eigenvalue weighted by Gasteiger charge is 2.31. The van der Waals surface area contributed by atoms with Crippen LogP contribution in [-0.2, 0) is 22.7 Å². The summed E-state index contributed by atoms with van der Waals surface area (Å²) >= 11 is 0. The van der Waals surface area contributed by atoms with E-state index in [1.54, 1.807) is 31.6 Å². The Balaban J connectivity index is 1.65. The van der Waals surface area contributed by atoms with Crippen molar-refractivity contribution in [2.24, 2.45) is 5.92 Å². The van der Waals surface area contributed by atoms with Gasteiger partial charge in [0.05, 0.1) is 43.3 Å². The fourth-order valence-corrected chi connectivity index (χ4v) is 5.12. The Kier molecular flexibility index (Phi) is 9.24. The van der Waals surface area contributed by atoms with Crippen LogP contribution >= 0.6 is 0 Å². The van der Waals surface area contributed by atoms with Crippen molar-refractivity contribution in [2.45, 2.75) is 46.3 Å². The van der Waals surface area contributed by atoms with E-state index in [4.69, 9.17) is 5.26 Å². The van der Waals surface area contributed by atoms with E-state index >= 15 is 0 Å². The minimum Gasteiger partial charge on any atom is -0.313 e. The summed E-state index contributed by atoms with van der Waals surface area (Å²) < 4.78 is 1.97. The van der Waals surface area contributed by atoms with E-state index in [0.717, 1.165) is 29.2 Å². The summed E-state index contributed by atoms with van der Waals surface area (Å²) in [5.41, 5.74) is 2.77. The molecule has 0 aliphatic heterocycles. The quantitative estimate of drug-likeness (QED) is 0.232. The summed E-state index contributed by atoms with van der Waals surface area (Å²) in [6.07, 6.45) is 5.28. The van der Waals surface area contributed by atoms with Crippen LogP contribution in [0, 0.1) is 17.2 Å². The smallest absolute Gasteiger partial charge is 0.225 e. The van der Waals surface area contributed by atoms with Gasteiger partial charge in [0.2, 0.25) is 5.91 Å². The Hall–Kier alpha value is -4.28. The first-order valence-electron chi connectivity index (χ1n) is 13.4. The van der Waals surface area contributed by atoms with Crippen molar-refractivity contribution in [1.82, 2.24) is 14.5 Å². The van der Waals surface area contributed by atoms with Crippen LogP contribution in [0.2, 0.25) is 0 Å². The van der Waals surface area contributed by atoms with Gasteiger partial charge in [-0.25, -0.2) is 4.98 Å². The zero-order chi connectivity index (χ0) is 27.8. The Bertz CT molecular complexity index is 1450. The Morgan fingerprint density at radius 2 is 1.85 bits per heavy atom. The Labute approximate surface area is 230 Å². The molecule has 7 nitrogen and oxygen atoms in total. The van der Waals surface area contributed by atoms with Crippen LogP contribution in [0.5, 0.6) is 0 Å². The second-order valence-corrected chi connectivity index (χ2v) is 10.0. The molecule has 0 fully saturated rings. The van der Waals surface area contributed by atoms with E-state index in [2.05, 4.69) is 54.1 Å². The number of aldehydes is 1. The molecule has 0 saturated heterocycles. The van der Waals surface area contributed by atoms with Crippen LogP contribution in [0.3, 0.4) is 0 Å². The van der Waals surface area contributed by atoms with Crippen molar-refractivity contribution >= 4 is 28.8 Å². The number of hydrogen-bond donors (Lipinski definition) is 0. The van der Waals surface area contributed by atoms with Crippen molar-refractivity contribution in [2.75, 3.05) is 18.0 Å². The standard InChI is InChI=1S/C32H35N5O2/c1-4-24(2)31(22-35(16-17-38)21-29-10-7-9-28-8-5-6-11-30(28)29)37(25(3)39)32-19-34-23-36(32)20-27-14-12-26(18-33)13-15-27/h5-15,17,19,23-24,31H,4,16,20-22H2,1-3H3/t24-,31+/m0/s1. The second kappa shape index (κ2) is 13.0. The van der Waals surface area contributed by atoms with Gasteiger partial charge in [-0.2, -0.15) is 5.26 Å². The summed E-state index contributed by atoms with van der Waals surface area (Å²) in [5, 5.41) is 11.4. The van der Waals surface area contributed by atoms with Crippen molar-refractivity contribution in [3.63, 3.8) is 0 Å². The van der Waals surface area contributed by atoms with E-state index in [-0.39, 0.29) is 24.4 Å². The number of fused-ring (bicyclic) bond motifs is 1. The predicted octanol–water partition coefficient (Wildman–Crippen LogP) is 5.42. The lowest BCUT2D eigenvalue weighted by Gasteiger charge is -2.38. The number of rotatable bonds is 12. The fourth-order valence-electron chi connectivity index (χ4n) is 5.12. The number of carbonyl (C=O) groups is 2. The molecular weight excluding hydrogens is 486 g/mol. The zero-order valence-electron chi connectivity index (χ0n) is 22.8. The van der Waals surface area contributed by atoms with E-state index in [9.17, 15) is 9.59 Å². The zero-order valence-corrected chi connectivity index (χ0v) is 22.8. The van der Waals surface area contributed by atoms with Crippen LogP contribution in [0.1, 0.15) is 43.9 Å². The lowest BCUT2D eigenvalue weighted by Crippen LogP contribution is -2.50. The SMILES string of the molecule is CC[C@H](C)[C@@H](CN(CC=O)Cc1cccc2ccccc12)N(C(C)=O)c1cncn1Cc1ccc(C#N)cc1. The lowest BCUT2D eigenvalue weighted by molar-refractivity contribution is -0.117. The summed E-state index contributed by atoms with van der Waals surface area (Å²) in [5.74, 6) is 0.820. The lowest BCUT2D eigenvalue weighted by atomic mass is 9.96. The third kappa shape index (κ3) is 6.60. The predicted molar refractivity (Wildman–Crippen MR) is 154 cm³/mol. The first-order chi connectivity index (χ1) is 18.9. The molecule has 3 aromatic carbocycles. The van der Waals surface area contributed by atoms with Gasteiger partial charge in [0.1, 0.15) is 12.1 Å². The maximum atomic E-state index is 13.2. The van der Waals surface area contributed by atoms with Crippen LogP contribution in [0.25, 0.3) is 10.8 Å². The average molecular weight is 522 g/mol. The van der Waals surface area contributed by atoms with E-state index in [0.29, 0.717) is 31.0 Å². The molecule has 7 heteroatoms. The van der Waals surface area contributed by atoms with Gasteiger partial charge in [0, 0.05) is 20.0 Å². The van der Waals surface area contributed by atoms with Gasteiger partial charge < -0.3 is 9.36 Å². The topological polar surface area (TPSA) is 82.2 Å². The van der Waals surface area contributed by atoms with E-state index in [1.165, 1.54) is 5.39 Å². The molecular formula is C32H35N5O2. The van der Waals surface area contributed by atoms with Crippen LogP contribution < -0.4 is 4.90 Å². The van der Waals surface area contributed by atoms with Gasteiger partial charge in [-0.3, -0.25) is 14.6 Å². The van der Waals surface area contributed by atoms with Crippen LogP contribution in [0.15, 0.2) is 79.3 Å². The molecule has 39 heavy (non-hydrogen) atoms. The highest BCUT2D eigenvalue weighted by atomic mass is 16.2. The molecule has 0 radical (unpaired) electrons. The van der Waals surface area contributed by atoms with Gasteiger partial charge in [-0.1, -0.05) is 74.9 Å². The normalized spacial score (nSPS) is 12.7. The van der Waals surface area contributed by atoms with Gasteiger partial charge in [0.15, 0.2) is 0 Å². The Morgan fingerprint density at radius 1 is 1.10 bits per heavy atom. The van der Waals surface area contributed by atoms with Gasteiger partial charge in [0.25, 0.3) is 0 Å². The number of anilines is 1. The molecule has 0 unspecified atom stereocenters. The average Bonchev–Trinajstić information content (AvgIpc) is 3.40. The van der Waals surface area contributed by atoms with Crippen LogP contribution in [-0.4, -0.2) is 45.8 Å². The van der Waals surface area contributed by atoms with Crippen molar-refractivity contribution in [3.05, 3.63) is 95.9 Å². The molecule has 200 valence electrons. The van der Waals surface area contributed by atoms with Gasteiger partial charge >= 0.3 is 0 Å². The minimum absolute atomic E-state index is 0.0712. The van der Waals surface area contributed by atoms with E-state index < -0.39 is 0 Å². The molecule has 0 saturated carbocycles. The van der Waals surface area contributed by atoms with Crippen molar-refractivity contribution in [3.8, 4) is 6.07 Å². The monoisotopic (exact) mass is 521 g/mol. The summed E-state index contributed by atoms with van der Waals surface area (Å²) in [6.45, 7) is 7.79. The van der Waals surface area contributed by atoms with Gasteiger partial charge in [-0.05, 0) is 39.9 Å². The largest absolute Gasteiger partial charge is 0.313 e. The molecule has 1 heterocycles. The fraction of sp³-hybridized carbons (Fsp3) is 0.312. The molecule has 4 aromatic rings. The van der Waals surface area contributed by atoms with Gasteiger partial charge in [-0.15, -0.1) is 0 Å². The molecule has 2 atom stereocenters. The Morgan fingerprint density at radius 3 is 2.54 bits per heavy atom. The minimum atomic E-state index is -0.168. The number of nitrogens with zero attached hydrogens (tertiary/aromatic N) is 5. The molecule has 0 aliphatic rings. The third-order valence-corrected chi connectivity index (χ3v) is 7.40. The summed E-state index contributed by atoms with van der Waals surface area (Å²) in [6, 6.07) is 23.9. The number of amides is 1. The molecule has 1 aromatic heterocycles. The van der Waals surface area contributed by atoms with Crippen molar-refractivity contribution < 1.29 is 9.59 Å². The van der Waals surface area contributed by atoms with Crippen LogP contribution in [0.4, 0.5) is 5.82 Å². The number of hydrogen-bond acceptors (Lipinski definition) is 5. The third-order valence-electron chi connectivity index (χ3n) is 7.40. The summed E-state index contributed by atoms with van der Waals surface area (Å²) in [4.78, 5) is 33.3. The molecule has 0 N–H and O–H groups in total. The number of nitriles is 1. The second-order valence-electron chi connectivity index (χ2n) is 10.0. The molecule has 1 amide bonds. The number of carbonyl (C=O) groups excluding carboxylic acids is 2. The number of aromatic nitrogens is 2. The highest BCUT2D eigenvalue weighted by molar-refractivity contribution is 5.91. The maximum Gasteiger partial charge on any atom is 0.225 e. The first kappa shape index (κ1) is 27.7. The summed E-state index contributed by atoms with van der Waals surface area (Å²) in [7, 11) is 0. The number of benzene rings is 3. The molecule has 0 spiro atoms. The van der Waals surface area contributed by atoms with Crippen molar-refractivity contribution in [1.29, 1.82) is 5.26 Å². The first-order valence-corrected chi connectivity index (χ1v) is 13.4. The highest BCUT2D eigenvalue weighted by Crippen LogP contribution is 2.26. The molecule has 4 rings (SSSR count). The molecule has 0 bridgehead atoms.